The molecule has 0 heterocycles. The molecule has 1 aliphatic carbocycles. The quantitative estimate of drug-likeness (QED) is 0.778. The van der Waals surface area contributed by atoms with Gasteiger partial charge in [-0.05, 0) is 43.5 Å². The first-order valence-electron chi connectivity index (χ1n) is 6.75. The molecule has 1 aromatic rings. The highest BCUT2D eigenvalue weighted by molar-refractivity contribution is 5.30. The minimum atomic E-state index is 0.395. The van der Waals surface area contributed by atoms with Crippen molar-refractivity contribution in [1.82, 2.24) is 5.32 Å². The summed E-state index contributed by atoms with van der Waals surface area (Å²) in [6, 6.07) is 8.83. The summed E-state index contributed by atoms with van der Waals surface area (Å²) >= 11 is 0. The number of hydrogen-bond acceptors (Lipinski definition) is 2. The first kappa shape index (κ1) is 12.4. The lowest BCUT2D eigenvalue weighted by Crippen LogP contribution is -2.17. The zero-order valence-electron chi connectivity index (χ0n) is 10.9. The summed E-state index contributed by atoms with van der Waals surface area (Å²) in [5, 5.41) is 3.42. The Labute approximate surface area is 104 Å². The summed E-state index contributed by atoms with van der Waals surface area (Å²) in [5.41, 5.74) is 1.30. The maximum atomic E-state index is 5.80. The third kappa shape index (κ3) is 4.04. The number of ether oxygens (including phenoxy) is 1. The molecule has 1 unspecified atom stereocenters. The average molecular weight is 233 g/mol. The summed E-state index contributed by atoms with van der Waals surface area (Å²) < 4.78 is 5.80. The second kappa shape index (κ2) is 6.06. The third-order valence-electron chi connectivity index (χ3n) is 3.36. The van der Waals surface area contributed by atoms with Crippen molar-refractivity contribution in [2.75, 3.05) is 13.2 Å². The molecule has 2 heteroatoms. The van der Waals surface area contributed by atoms with Crippen LogP contribution in [0.15, 0.2) is 24.3 Å². The molecule has 0 aliphatic heterocycles. The van der Waals surface area contributed by atoms with Gasteiger partial charge in [-0.25, -0.2) is 0 Å². The van der Waals surface area contributed by atoms with E-state index in [9.17, 15) is 0 Å². The van der Waals surface area contributed by atoms with Crippen LogP contribution in [-0.2, 0) is 0 Å². The topological polar surface area (TPSA) is 21.3 Å². The summed E-state index contributed by atoms with van der Waals surface area (Å²) in [5.74, 6) is 1.95. The Morgan fingerprint density at radius 3 is 2.94 bits per heavy atom. The standard InChI is InChI=1S/C15H23NO/c1-3-16-12(2)14-5-4-6-15(11-14)17-10-9-13-7-8-13/h4-6,11-13,16H,3,7-10H2,1-2H3. The van der Waals surface area contributed by atoms with Crippen LogP contribution in [0.1, 0.15) is 44.7 Å². The molecule has 1 aliphatic rings. The van der Waals surface area contributed by atoms with E-state index in [-0.39, 0.29) is 0 Å². The van der Waals surface area contributed by atoms with Gasteiger partial charge in [-0.15, -0.1) is 0 Å². The number of nitrogens with one attached hydrogen (secondary N) is 1. The van der Waals surface area contributed by atoms with Crippen molar-refractivity contribution in [3.05, 3.63) is 29.8 Å². The summed E-state index contributed by atoms with van der Waals surface area (Å²) in [4.78, 5) is 0. The summed E-state index contributed by atoms with van der Waals surface area (Å²) in [6.07, 6.45) is 4.02. The minimum Gasteiger partial charge on any atom is -0.494 e. The highest BCUT2D eigenvalue weighted by Gasteiger charge is 2.20. The molecule has 0 bridgehead atoms. The van der Waals surface area contributed by atoms with Gasteiger partial charge >= 0.3 is 0 Å². The highest BCUT2D eigenvalue weighted by Crippen LogP contribution is 2.32. The highest BCUT2D eigenvalue weighted by atomic mass is 16.5. The van der Waals surface area contributed by atoms with E-state index in [1.165, 1.54) is 24.8 Å². The van der Waals surface area contributed by atoms with E-state index in [4.69, 9.17) is 4.74 Å². The van der Waals surface area contributed by atoms with Crippen LogP contribution in [-0.4, -0.2) is 13.2 Å². The van der Waals surface area contributed by atoms with Crippen molar-refractivity contribution in [1.29, 1.82) is 0 Å². The molecule has 94 valence electrons. The monoisotopic (exact) mass is 233 g/mol. The molecule has 1 aromatic carbocycles. The van der Waals surface area contributed by atoms with Crippen LogP contribution in [0.4, 0.5) is 0 Å². The molecule has 2 rings (SSSR count). The summed E-state index contributed by atoms with van der Waals surface area (Å²) in [7, 11) is 0. The van der Waals surface area contributed by atoms with Crippen molar-refractivity contribution in [2.24, 2.45) is 5.92 Å². The van der Waals surface area contributed by atoms with Crippen LogP contribution in [0.2, 0.25) is 0 Å². The van der Waals surface area contributed by atoms with E-state index in [1.54, 1.807) is 0 Å². The maximum absolute atomic E-state index is 5.80. The van der Waals surface area contributed by atoms with Crippen molar-refractivity contribution >= 4 is 0 Å². The number of hydrogen-bond donors (Lipinski definition) is 1. The first-order chi connectivity index (χ1) is 8.29. The molecule has 17 heavy (non-hydrogen) atoms. The van der Waals surface area contributed by atoms with Crippen LogP contribution < -0.4 is 10.1 Å². The van der Waals surface area contributed by atoms with E-state index < -0.39 is 0 Å². The fourth-order valence-corrected chi connectivity index (χ4v) is 2.05. The zero-order valence-corrected chi connectivity index (χ0v) is 10.9. The Bertz CT molecular complexity index is 347. The number of rotatable bonds is 7. The summed E-state index contributed by atoms with van der Waals surface area (Å²) in [6.45, 7) is 6.18. The van der Waals surface area contributed by atoms with Gasteiger partial charge in [-0.3, -0.25) is 0 Å². The average Bonchev–Trinajstić information content (AvgIpc) is 3.14. The molecule has 0 spiro atoms. The Morgan fingerprint density at radius 1 is 1.41 bits per heavy atom. The third-order valence-corrected chi connectivity index (χ3v) is 3.36. The smallest absolute Gasteiger partial charge is 0.119 e. The second-order valence-electron chi connectivity index (χ2n) is 4.93. The van der Waals surface area contributed by atoms with E-state index >= 15 is 0 Å². The van der Waals surface area contributed by atoms with Crippen molar-refractivity contribution in [3.8, 4) is 5.75 Å². The molecule has 0 amide bonds. The van der Waals surface area contributed by atoms with Gasteiger partial charge in [-0.2, -0.15) is 0 Å². The molecule has 2 nitrogen and oxygen atoms in total. The lowest BCUT2D eigenvalue weighted by Gasteiger charge is -2.14. The van der Waals surface area contributed by atoms with Crippen LogP contribution >= 0.6 is 0 Å². The molecular formula is C15H23NO. The Balaban J connectivity index is 1.85. The van der Waals surface area contributed by atoms with E-state index in [2.05, 4.69) is 43.4 Å². The lowest BCUT2D eigenvalue weighted by atomic mass is 10.1. The van der Waals surface area contributed by atoms with Crippen molar-refractivity contribution in [2.45, 2.75) is 39.2 Å². The minimum absolute atomic E-state index is 0.395. The lowest BCUT2D eigenvalue weighted by molar-refractivity contribution is 0.302. The Kier molecular flexibility index (Phi) is 4.43. The Morgan fingerprint density at radius 2 is 2.24 bits per heavy atom. The Hall–Kier alpha value is -1.02. The van der Waals surface area contributed by atoms with Gasteiger partial charge in [0.25, 0.3) is 0 Å². The van der Waals surface area contributed by atoms with Crippen molar-refractivity contribution < 1.29 is 4.74 Å². The van der Waals surface area contributed by atoms with Gasteiger partial charge in [0.2, 0.25) is 0 Å². The van der Waals surface area contributed by atoms with Gasteiger partial charge in [-0.1, -0.05) is 31.9 Å². The molecule has 0 saturated heterocycles. The predicted molar refractivity (Wildman–Crippen MR) is 71.4 cm³/mol. The van der Waals surface area contributed by atoms with E-state index in [1.807, 2.05) is 0 Å². The van der Waals surface area contributed by atoms with Gasteiger partial charge in [0, 0.05) is 6.04 Å². The van der Waals surface area contributed by atoms with Gasteiger partial charge in [0.05, 0.1) is 6.61 Å². The largest absolute Gasteiger partial charge is 0.494 e. The molecule has 1 N–H and O–H groups in total. The van der Waals surface area contributed by atoms with Crippen molar-refractivity contribution in [3.63, 3.8) is 0 Å². The van der Waals surface area contributed by atoms with Gasteiger partial charge < -0.3 is 10.1 Å². The molecule has 0 radical (unpaired) electrons. The number of benzene rings is 1. The first-order valence-corrected chi connectivity index (χ1v) is 6.75. The maximum Gasteiger partial charge on any atom is 0.119 e. The molecule has 1 atom stereocenters. The fraction of sp³-hybridized carbons (Fsp3) is 0.600. The van der Waals surface area contributed by atoms with Crippen LogP contribution in [0.5, 0.6) is 5.75 Å². The normalized spacial score (nSPS) is 16.8. The van der Waals surface area contributed by atoms with E-state index in [0.29, 0.717) is 6.04 Å². The van der Waals surface area contributed by atoms with Crippen LogP contribution in [0, 0.1) is 5.92 Å². The molecule has 1 fully saturated rings. The zero-order chi connectivity index (χ0) is 12.1. The molecular weight excluding hydrogens is 210 g/mol. The molecule has 0 aromatic heterocycles. The molecule has 1 saturated carbocycles. The van der Waals surface area contributed by atoms with E-state index in [0.717, 1.165) is 24.8 Å². The van der Waals surface area contributed by atoms with Crippen LogP contribution in [0.25, 0.3) is 0 Å². The fourth-order valence-electron chi connectivity index (χ4n) is 2.05. The van der Waals surface area contributed by atoms with Gasteiger partial charge in [0.1, 0.15) is 5.75 Å². The SMILES string of the molecule is CCNC(C)c1cccc(OCCC2CC2)c1. The predicted octanol–water partition coefficient (Wildman–Crippen LogP) is 3.54. The van der Waals surface area contributed by atoms with Gasteiger partial charge in [0.15, 0.2) is 0 Å². The second-order valence-corrected chi connectivity index (χ2v) is 4.93. The van der Waals surface area contributed by atoms with Crippen LogP contribution in [0.3, 0.4) is 0 Å².